The van der Waals surface area contributed by atoms with Crippen LogP contribution in [0.2, 0.25) is 0 Å². The maximum absolute atomic E-state index is 11.4. The van der Waals surface area contributed by atoms with Crippen LogP contribution < -0.4 is 0 Å². The van der Waals surface area contributed by atoms with E-state index in [1.54, 1.807) is 18.2 Å². The summed E-state index contributed by atoms with van der Waals surface area (Å²) in [6, 6.07) is 0. The minimum absolute atomic E-state index is 0.184. The summed E-state index contributed by atoms with van der Waals surface area (Å²) in [6.45, 7) is 6.32. The molecular formula is C10H16O4P2. The molecule has 0 fully saturated rings. The Morgan fingerprint density at radius 1 is 1.62 bits per heavy atom. The maximum Gasteiger partial charge on any atom is 0.240 e. The third kappa shape index (κ3) is 4.15. The lowest BCUT2D eigenvalue weighted by Crippen LogP contribution is -2.21. The Balaban J connectivity index is 5.12. The molecule has 6 heteroatoms. The van der Waals surface area contributed by atoms with Crippen molar-refractivity contribution in [2.24, 2.45) is 0 Å². The maximum atomic E-state index is 11.4. The fourth-order valence-electron chi connectivity index (χ4n) is 0.948. The van der Waals surface area contributed by atoms with Gasteiger partial charge in [0.15, 0.2) is 0 Å². The van der Waals surface area contributed by atoms with E-state index in [0.717, 1.165) is 6.66 Å². The number of hydrogen-bond acceptors (Lipinski definition) is 3. The molecule has 90 valence electrons. The first-order valence-corrected chi connectivity index (χ1v) is 7.54. The van der Waals surface area contributed by atoms with E-state index in [9.17, 15) is 19.1 Å². The molecule has 2 unspecified atom stereocenters. The lowest BCUT2D eigenvalue weighted by atomic mass is 10.2. The van der Waals surface area contributed by atoms with Gasteiger partial charge in [0.05, 0.1) is 0 Å². The van der Waals surface area contributed by atoms with E-state index >= 15 is 0 Å². The monoisotopic (exact) mass is 262 g/mol. The van der Waals surface area contributed by atoms with Crippen LogP contribution in [-0.4, -0.2) is 21.7 Å². The molecule has 2 atom stereocenters. The van der Waals surface area contributed by atoms with Gasteiger partial charge in [-0.25, -0.2) is 0 Å². The molecule has 4 nitrogen and oxygen atoms in total. The number of rotatable bonds is 6. The highest BCUT2D eigenvalue weighted by molar-refractivity contribution is 7.67. The third-order valence-electron chi connectivity index (χ3n) is 2.02. The van der Waals surface area contributed by atoms with Crippen molar-refractivity contribution < 1.29 is 19.1 Å². The molecule has 2 N–H and O–H groups in total. The van der Waals surface area contributed by atoms with Gasteiger partial charge in [0.25, 0.3) is 0 Å². The zero-order valence-electron chi connectivity index (χ0n) is 9.33. The molecule has 0 aliphatic heterocycles. The van der Waals surface area contributed by atoms with Gasteiger partial charge in [0.2, 0.25) is 20.9 Å². The summed E-state index contributed by atoms with van der Waals surface area (Å²) in [5.41, 5.74) is 0.542. The van der Waals surface area contributed by atoms with Crippen LogP contribution in [0.25, 0.3) is 0 Å². The van der Waals surface area contributed by atoms with Crippen LogP contribution in [0, 0.1) is 0 Å². The molecule has 0 spiro atoms. The molecule has 0 radical (unpaired) electrons. The molecule has 0 bridgehead atoms. The van der Waals surface area contributed by atoms with Crippen molar-refractivity contribution in [2.45, 2.75) is 18.4 Å². The Morgan fingerprint density at radius 2 is 2.19 bits per heavy atom. The van der Waals surface area contributed by atoms with E-state index < -0.39 is 20.9 Å². The first kappa shape index (κ1) is 15.5. The van der Waals surface area contributed by atoms with Gasteiger partial charge in [-0.3, -0.25) is 9.13 Å². The molecule has 0 aromatic heterocycles. The Hall–Kier alpha value is -0.530. The molecule has 0 aromatic rings. The van der Waals surface area contributed by atoms with Crippen LogP contribution in [0.15, 0.2) is 36.5 Å². The van der Waals surface area contributed by atoms with Gasteiger partial charge in [-0.2, -0.15) is 0 Å². The number of hydrogen-bond donors (Lipinski definition) is 2. The lowest BCUT2D eigenvalue weighted by molar-refractivity contribution is 0.193. The van der Waals surface area contributed by atoms with Gasteiger partial charge in [0.1, 0.15) is 0 Å². The normalized spacial score (nSPS) is 20.6. The Morgan fingerprint density at radius 3 is 2.50 bits per heavy atom. The highest BCUT2D eigenvalue weighted by Crippen LogP contribution is 2.58. The fraction of sp³-hybridized carbons (Fsp3) is 0.400. The lowest BCUT2D eigenvalue weighted by Gasteiger charge is -2.23. The average Bonchev–Trinajstić information content (AvgIpc) is 2.22. The van der Waals surface area contributed by atoms with Crippen LogP contribution in [0.1, 0.15) is 13.3 Å². The fourth-order valence-corrected chi connectivity index (χ4v) is 2.28. The largest absolute Gasteiger partial charge is 0.369 e. The summed E-state index contributed by atoms with van der Waals surface area (Å²) in [5, 5.41) is 7.66. The van der Waals surface area contributed by atoms with Crippen LogP contribution in [-0.2, 0) is 9.13 Å². The second-order valence-corrected chi connectivity index (χ2v) is 7.17. The minimum Gasteiger partial charge on any atom is -0.369 e. The second-order valence-electron chi connectivity index (χ2n) is 3.39. The first-order valence-electron chi connectivity index (χ1n) is 4.62. The summed E-state index contributed by atoms with van der Waals surface area (Å²) in [6.07, 6.45) is 6.37. The third-order valence-corrected chi connectivity index (χ3v) is 5.31. The average molecular weight is 262 g/mol. The van der Waals surface area contributed by atoms with Crippen molar-refractivity contribution in [1.82, 2.24) is 0 Å². The van der Waals surface area contributed by atoms with Crippen molar-refractivity contribution in [2.75, 3.05) is 6.66 Å². The molecular weight excluding hydrogens is 246 g/mol. The van der Waals surface area contributed by atoms with E-state index in [2.05, 4.69) is 6.58 Å². The molecule has 0 heterocycles. The standard InChI is InChI=1S/C10H16O4P2/c1-4-6-7-9(5-2)8-10(11,15-12)16(3,13)14/h4-7,11H,2,8H2,1,3H3,(H,13,14). The van der Waals surface area contributed by atoms with Gasteiger partial charge in [-0.1, -0.05) is 30.9 Å². The van der Waals surface area contributed by atoms with Crippen molar-refractivity contribution in [3.05, 3.63) is 36.5 Å². The summed E-state index contributed by atoms with van der Waals surface area (Å²) in [4.78, 5) is 9.33. The molecule has 0 saturated carbocycles. The Labute approximate surface area is 97.0 Å². The van der Waals surface area contributed by atoms with Crippen LogP contribution in [0.4, 0.5) is 0 Å². The molecule has 0 aromatic carbocycles. The van der Waals surface area contributed by atoms with E-state index in [1.165, 1.54) is 6.08 Å². The molecule has 0 amide bonds. The van der Waals surface area contributed by atoms with Crippen molar-refractivity contribution in [3.8, 4) is 0 Å². The van der Waals surface area contributed by atoms with Crippen LogP contribution in [0.3, 0.4) is 0 Å². The topological polar surface area (TPSA) is 74.6 Å². The van der Waals surface area contributed by atoms with Crippen LogP contribution >= 0.6 is 15.8 Å². The van der Waals surface area contributed by atoms with Crippen molar-refractivity contribution >= 4 is 15.8 Å². The van der Waals surface area contributed by atoms with Gasteiger partial charge >= 0.3 is 0 Å². The van der Waals surface area contributed by atoms with Gasteiger partial charge in [-0.05, 0) is 12.5 Å². The second kappa shape index (κ2) is 6.27. The van der Waals surface area contributed by atoms with E-state index in [4.69, 9.17) is 0 Å². The van der Waals surface area contributed by atoms with Crippen molar-refractivity contribution in [3.63, 3.8) is 0 Å². The first-order chi connectivity index (χ1) is 7.30. The molecule has 16 heavy (non-hydrogen) atoms. The quantitative estimate of drug-likeness (QED) is 0.570. The zero-order chi connectivity index (χ0) is 12.8. The summed E-state index contributed by atoms with van der Waals surface area (Å²) in [7, 11) is -4.63. The number of allylic oxidation sites excluding steroid dienone is 4. The summed E-state index contributed by atoms with van der Waals surface area (Å²) >= 11 is 0. The van der Waals surface area contributed by atoms with E-state index in [0.29, 0.717) is 5.57 Å². The van der Waals surface area contributed by atoms with Gasteiger partial charge in [-0.15, -0.1) is 0 Å². The predicted octanol–water partition coefficient (Wildman–Crippen LogP) is 2.90. The smallest absolute Gasteiger partial charge is 0.240 e. The summed E-state index contributed by atoms with van der Waals surface area (Å²) < 4.78 is 22.2. The van der Waals surface area contributed by atoms with Crippen LogP contribution in [0.5, 0.6) is 0 Å². The number of aliphatic hydroxyl groups is 1. The molecule has 0 saturated heterocycles. The molecule has 0 aliphatic rings. The molecule has 0 rings (SSSR count). The van der Waals surface area contributed by atoms with E-state index in [-0.39, 0.29) is 6.42 Å². The van der Waals surface area contributed by atoms with E-state index in [1.807, 2.05) is 6.92 Å². The highest BCUT2D eigenvalue weighted by Gasteiger charge is 2.43. The Bertz CT molecular complexity index is 367. The van der Waals surface area contributed by atoms with Crippen molar-refractivity contribution in [1.29, 1.82) is 0 Å². The Kier molecular flexibility index (Phi) is 6.06. The van der Waals surface area contributed by atoms with Gasteiger partial charge in [0, 0.05) is 13.1 Å². The SMILES string of the molecule is C=CC(=CC=CC)CC(O)(P=O)P(C)(=O)O. The minimum atomic E-state index is -3.87. The zero-order valence-corrected chi connectivity index (χ0v) is 11.1. The van der Waals surface area contributed by atoms with Gasteiger partial charge < -0.3 is 10.00 Å². The predicted molar refractivity (Wildman–Crippen MR) is 66.0 cm³/mol. The molecule has 0 aliphatic carbocycles. The highest BCUT2D eigenvalue weighted by atomic mass is 31.2. The summed E-state index contributed by atoms with van der Waals surface area (Å²) in [5.74, 6) is 0.